The topological polar surface area (TPSA) is 9.23 Å². The highest BCUT2D eigenvalue weighted by Crippen LogP contribution is 2.14. The molecule has 1 nitrogen and oxygen atoms in total. The van der Waals surface area contributed by atoms with Gasteiger partial charge in [0.2, 0.25) is 0 Å². The standard InChI is InChI=1S/C16H29ClO/c1-14(8-6-10-16(3)13-17)7-5-9-15(2)11-12-18-4/h7,10,15H,5-6,8-9,11-13H2,1-4H3/b14-7-,16-10-. The zero-order valence-corrected chi connectivity index (χ0v) is 13.2. The summed E-state index contributed by atoms with van der Waals surface area (Å²) in [6, 6.07) is 0. The molecular formula is C16H29ClO. The Kier molecular flexibility index (Phi) is 11.6. The molecule has 0 saturated carbocycles. The molecule has 0 spiro atoms. The Morgan fingerprint density at radius 2 is 1.78 bits per heavy atom. The van der Waals surface area contributed by atoms with E-state index in [0.29, 0.717) is 5.88 Å². The minimum absolute atomic E-state index is 0.653. The van der Waals surface area contributed by atoms with Gasteiger partial charge in [0.25, 0.3) is 0 Å². The minimum Gasteiger partial charge on any atom is -0.385 e. The maximum atomic E-state index is 5.73. The molecule has 1 atom stereocenters. The third-order valence-electron chi connectivity index (χ3n) is 3.21. The van der Waals surface area contributed by atoms with E-state index in [4.69, 9.17) is 16.3 Å². The molecule has 0 amide bonds. The van der Waals surface area contributed by atoms with E-state index in [0.717, 1.165) is 25.4 Å². The van der Waals surface area contributed by atoms with E-state index in [2.05, 4.69) is 32.9 Å². The van der Waals surface area contributed by atoms with Crippen molar-refractivity contribution in [3.8, 4) is 0 Å². The Morgan fingerprint density at radius 3 is 2.39 bits per heavy atom. The van der Waals surface area contributed by atoms with E-state index >= 15 is 0 Å². The highest BCUT2D eigenvalue weighted by molar-refractivity contribution is 6.19. The van der Waals surface area contributed by atoms with Gasteiger partial charge < -0.3 is 4.74 Å². The highest BCUT2D eigenvalue weighted by atomic mass is 35.5. The summed E-state index contributed by atoms with van der Waals surface area (Å²) >= 11 is 5.73. The van der Waals surface area contributed by atoms with Crippen LogP contribution in [0.1, 0.15) is 52.9 Å². The average Bonchev–Trinajstić information content (AvgIpc) is 2.36. The molecule has 0 aliphatic heterocycles. The summed E-state index contributed by atoms with van der Waals surface area (Å²) in [7, 11) is 1.77. The summed E-state index contributed by atoms with van der Waals surface area (Å²) in [6.45, 7) is 7.49. The molecule has 0 bridgehead atoms. The molecule has 18 heavy (non-hydrogen) atoms. The van der Waals surface area contributed by atoms with Crippen molar-refractivity contribution in [2.45, 2.75) is 52.9 Å². The molecule has 0 aromatic carbocycles. The van der Waals surface area contributed by atoms with Gasteiger partial charge in [-0.15, -0.1) is 11.6 Å². The number of allylic oxidation sites excluding steroid dienone is 4. The Morgan fingerprint density at radius 1 is 1.11 bits per heavy atom. The zero-order chi connectivity index (χ0) is 13.8. The van der Waals surface area contributed by atoms with Crippen LogP contribution in [0.3, 0.4) is 0 Å². The van der Waals surface area contributed by atoms with Crippen molar-refractivity contribution in [2.24, 2.45) is 5.92 Å². The summed E-state index contributed by atoms with van der Waals surface area (Å²) in [5.74, 6) is 1.41. The average molecular weight is 273 g/mol. The molecule has 0 rings (SSSR count). The fourth-order valence-electron chi connectivity index (χ4n) is 1.78. The van der Waals surface area contributed by atoms with Gasteiger partial charge in [0.1, 0.15) is 0 Å². The Bertz CT molecular complexity index is 256. The first-order valence-electron chi connectivity index (χ1n) is 6.96. The van der Waals surface area contributed by atoms with Gasteiger partial charge in [-0.3, -0.25) is 0 Å². The molecule has 0 aliphatic rings. The van der Waals surface area contributed by atoms with Crippen LogP contribution in [0.4, 0.5) is 0 Å². The fraction of sp³-hybridized carbons (Fsp3) is 0.750. The highest BCUT2D eigenvalue weighted by Gasteiger charge is 2.00. The number of hydrogen-bond acceptors (Lipinski definition) is 1. The molecule has 0 fully saturated rings. The minimum atomic E-state index is 0.653. The second-order valence-electron chi connectivity index (χ2n) is 5.24. The zero-order valence-electron chi connectivity index (χ0n) is 12.5. The lowest BCUT2D eigenvalue weighted by Gasteiger charge is -2.09. The molecule has 0 aromatic heterocycles. The van der Waals surface area contributed by atoms with E-state index in [9.17, 15) is 0 Å². The van der Waals surface area contributed by atoms with Crippen molar-refractivity contribution in [2.75, 3.05) is 19.6 Å². The van der Waals surface area contributed by atoms with Gasteiger partial charge in [0, 0.05) is 19.6 Å². The van der Waals surface area contributed by atoms with Crippen LogP contribution in [0.5, 0.6) is 0 Å². The van der Waals surface area contributed by atoms with E-state index in [1.807, 2.05) is 0 Å². The molecule has 0 aliphatic carbocycles. The van der Waals surface area contributed by atoms with Gasteiger partial charge >= 0.3 is 0 Å². The van der Waals surface area contributed by atoms with Gasteiger partial charge in [-0.2, -0.15) is 0 Å². The second-order valence-corrected chi connectivity index (χ2v) is 5.50. The predicted octanol–water partition coefficient (Wildman–Crippen LogP) is 5.35. The molecule has 1 unspecified atom stereocenters. The Hall–Kier alpha value is -0.270. The normalized spacial score (nSPS) is 14.9. The molecule has 0 saturated heterocycles. The first kappa shape index (κ1) is 17.7. The van der Waals surface area contributed by atoms with Crippen LogP contribution in [-0.4, -0.2) is 19.6 Å². The van der Waals surface area contributed by atoms with Gasteiger partial charge in [-0.25, -0.2) is 0 Å². The van der Waals surface area contributed by atoms with E-state index in [-0.39, 0.29) is 0 Å². The van der Waals surface area contributed by atoms with Gasteiger partial charge in [-0.05, 0) is 51.9 Å². The number of methoxy groups -OCH3 is 1. The van der Waals surface area contributed by atoms with Crippen molar-refractivity contribution >= 4 is 11.6 Å². The van der Waals surface area contributed by atoms with Crippen LogP contribution in [0, 0.1) is 5.92 Å². The molecule has 2 heteroatoms. The maximum Gasteiger partial charge on any atom is 0.0464 e. The van der Waals surface area contributed by atoms with Crippen LogP contribution in [0.15, 0.2) is 23.3 Å². The van der Waals surface area contributed by atoms with Crippen LogP contribution in [0.25, 0.3) is 0 Å². The lowest BCUT2D eigenvalue weighted by atomic mass is 10.0. The maximum absolute atomic E-state index is 5.73. The molecule has 0 aromatic rings. The number of ether oxygens (including phenoxy) is 1. The van der Waals surface area contributed by atoms with Crippen LogP contribution >= 0.6 is 11.6 Å². The van der Waals surface area contributed by atoms with E-state index in [1.54, 1.807) is 7.11 Å². The van der Waals surface area contributed by atoms with Crippen LogP contribution < -0.4 is 0 Å². The SMILES string of the molecule is COCCC(C)CC/C=C(/C)CC/C=C(/C)CCl. The van der Waals surface area contributed by atoms with Crippen molar-refractivity contribution < 1.29 is 4.74 Å². The number of rotatable bonds is 10. The summed E-state index contributed by atoms with van der Waals surface area (Å²) in [4.78, 5) is 0. The summed E-state index contributed by atoms with van der Waals surface area (Å²) in [6.07, 6.45) is 10.5. The van der Waals surface area contributed by atoms with Crippen LogP contribution in [-0.2, 0) is 4.74 Å². The summed E-state index contributed by atoms with van der Waals surface area (Å²) in [5.41, 5.74) is 2.77. The first-order valence-corrected chi connectivity index (χ1v) is 7.49. The second kappa shape index (κ2) is 11.8. The third kappa shape index (κ3) is 10.9. The van der Waals surface area contributed by atoms with Crippen molar-refractivity contribution in [1.82, 2.24) is 0 Å². The lowest BCUT2D eigenvalue weighted by Crippen LogP contribution is -1.99. The number of alkyl halides is 1. The molecule has 0 N–H and O–H groups in total. The van der Waals surface area contributed by atoms with Crippen molar-refractivity contribution in [3.63, 3.8) is 0 Å². The van der Waals surface area contributed by atoms with E-state index < -0.39 is 0 Å². The molecular weight excluding hydrogens is 244 g/mol. The third-order valence-corrected chi connectivity index (χ3v) is 3.63. The smallest absolute Gasteiger partial charge is 0.0464 e. The summed E-state index contributed by atoms with van der Waals surface area (Å²) in [5, 5.41) is 0. The monoisotopic (exact) mass is 272 g/mol. The van der Waals surface area contributed by atoms with E-state index in [1.165, 1.54) is 30.4 Å². The van der Waals surface area contributed by atoms with Crippen molar-refractivity contribution in [1.29, 1.82) is 0 Å². The lowest BCUT2D eigenvalue weighted by molar-refractivity contribution is 0.178. The summed E-state index contributed by atoms with van der Waals surface area (Å²) < 4.78 is 5.09. The fourth-order valence-corrected chi connectivity index (χ4v) is 1.89. The molecule has 0 heterocycles. The van der Waals surface area contributed by atoms with Crippen LogP contribution in [0.2, 0.25) is 0 Å². The van der Waals surface area contributed by atoms with Gasteiger partial charge in [-0.1, -0.05) is 30.2 Å². The first-order chi connectivity index (χ1) is 8.60. The van der Waals surface area contributed by atoms with Gasteiger partial charge in [0.15, 0.2) is 0 Å². The Labute approximate surface area is 118 Å². The predicted molar refractivity (Wildman–Crippen MR) is 82.4 cm³/mol. The molecule has 0 radical (unpaired) electrons. The number of halogens is 1. The quantitative estimate of drug-likeness (QED) is 0.385. The Balaban J connectivity index is 3.70. The largest absolute Gasteiger partial charge is 0.385 e. The molecule has 106 valence electrons. The van der Waals surface area contributed by atoms with Crippen molar-refractivity contribution in [3.05, 3.63) is 23.3 Å². The number of hydrogen-bond donors (Lipinski definition) is 0. The van der Waals surface area contributed by atoms with Gasteiger partial charge in [0.05, 0.1) is 0 Å².